The van der Waals surface area contributed by atoms with Gasteiger partial charge in [-0.3, -0.25) is 9.69 Å². The van der Waals surface area contributed by atoms with Crippen LogP contribution in [0.15, 0.2) is 18.2 Å². The summed E-state index contributed by atoms with van der Waals surface area (Å²) >= 11 is 6.07. The molecule has 0 atom stereocenters. The van der Waals surface area contributed by atoms with E-state index in [1.807, 2.05) is 25.1 Å². The molecule has 1 aromatic rings. The van der Waals surface area contributed by atoms with Gasteiger partial charge in [-0.1, -0.05) is 17.7 Å². The fraction of sp³-hybridized carbons (Fsp3) is 0.533. The van der Waals surface area contributed by atoms with Gasteiger partial charge in [0.15, 0.2) is 0 Å². The van der Waals surface area contributed by atoms with E-state index in [4.69, 9.17) is 16.3 Å². The minimum atomic E-state index is -0.139. The maximum atomic E-state index is 11.5. The quantitative estimate of drug-likeness (QED) is 0.799. The van der Waals surface area contributed by atoms with Gasteiger partial charge in [0.1, 0.15) is 0 Å². The number of carbonyl (C=O) groups is 1. The van der Waals surface area contributed by atoms with Crippen molar-refractivity contribution in [3.63, 3.8) is 0 Å². The number of halogens is 1. The Balaban J connectivity index is 1.91. The lowest BCUT2D eigenvalue weighted by atomic mass is 10.1. The number of anilines is 1. The Hall–Kier alpha value is -1.26. The number of benzene rings is 1. The molecule has 2 rings (SSSR count). The summed E-state index contributed by atoms with van der Waals surface area (Å²) in [6, 6.07) is 5.97. The maximum absolute atomic E-state index is 11.5. The van der Waals surface area contributed by atoms with Crippen molar-refractivity contribution in [1.29, 1.82) is 0 Å². The molecule has 1 fully saturated rings. The smallest absolute Gasteiger partial charge is 0.320 e. The van der Waals surface area contributed by atoms with Crippen molar-refractivity contribution in [2.45, 2.75) is 13.8 Å². The van der Waals surface area contributed by atoms with Crippen LogP contribution < -0.4 is 4.90 Å². The van der Waals surface area contributed by atoms with Crippen LogP contribution in [0.3, 0.4) is 0 Å². The minimum absolute atomic E-state index is 0.139. The van der Waals surface area contributed by atoms with Crippen LogP contribution >= 0.6 is 11.6 Å². The topological polar surface area (TPSA) is 32.8 Å². The van der Waals surface area contributed by atoms with Gasteiger partial charge in [0.25, 0.3) is 0 Å². The molecule has 5 heteroatoms. The minimum Gasteiger partial charge on any atom is -0.465 e. The summed E-state index contributed by atoms with van der Waals surface area (Å²) in [5.74, 6) is -0.139. The van der Waals surface area contributed by atoms with E-state index >= 15 is 0 Å². The number of ether oxygens (including phenoxy) is 1. The molecular formula is C15H21ClN2O2. The maximum Gasteiger partial charge on any atom is 0.320 e. The first-order valence-electron chi connectivity index (χ1n) is 6.99. The summed E-state index contributed by atoms with van der Waals surface area (Å²) in [6.45, 7) is 8.29. The van der Waals surface area contributed by atoms with Crippen LogP contribution in [-0.2, 0) is 9.53 Å². The first-order chi connectivity index (χ1) is 9.60. The lowest BCUT2D eigenvalue weighted by molar-refractivity contribution is -0.144. The zero-order valence-corrected chi connectivity index (χ0v) is 12.8. The largest absolute Gasteiger partial charge is 0.465 e. The molecule has 1 saturated heterocycles. The molecule has 110 valence electrons. The molecule has 1 aliphatic heterocycles. The average molecular weight is 297 g/mol. The summed E-state index contributed by atoms with van der Waals surface area (Å²) in [5, 5.41) is 0.763. The van der Waals surface area contributed by atoms with Crippen LogP contribution in [0, 0.1) is 6.92 Å². The van der Waals surface area contributed by atoms with E-state index in [1.165, 1.54) is 11.3 Å². The lowest BCUT2D eigenvalue weighted by Gasteiger charge is -2.36. The first kappa shape index (κ1) is 15.1. The van der Waals surface area contributed by atoms with Gasteiger partial charge in [0.2, 0.25) is 0 Å². The highest BCUT2D eigenvalue weighted by molar-refractivity contribution is 6.30. The van der Waals surface area contributed by atoms with Gasteiger partial charge in [-0.05, 0) is 31.5 Å². The Morgan fingerprint density at radius 3 is 2.65 bits per heavy atom. The number of rotatable bonds is 4. The van der Waals surface area contributed by atoms with Crippen molar-refractivity contribution in [1.82, 2.24) is 4.90 Å². The van der Waals surface area contributed by atoms with Crippen molar-refractivity contribution in [3.8, 4) is 0 Å². The van der Waals surface area contributed by atoms with Crippen LogP contribution in [0.1, 0.15) is 12.5 Å². The Kier molecular flexibility index (Phi) is 5.26. The number of aryl methyl sites for hydroxylation is 1. The second kappa shape index (κ2) is 6.95. The van der Waals surface area contributed by atoms with Crippen molar-refractivity contribution >= 4 is 23.3 Å². The number of piperazine rings is 1. The fourth-order valence-electron chi connectivity index (χ4n) is 2.46. The number of esters is 1. The van der Waals surface area contributed by atoms with Crippen molar-refractivity contribution in [3.05, 3.63) is 28.8 Å². The third-order valence-electron chi connectivity index (χ3n) is 3.54. The number of nitrogens with zero attached hydrogens (tertiary/aromatic N) is 2. The van der Waals surface area contributed by atoms with E-state index in [9.17, 15) is 4.79 Å². The first-order valence-corrected chi connectivity index (χ1v) is 7.37. The zero-order valence-electron chi connectivity index (χ0n) is 12.1. The summed E-state index contributed by atoms with van der Waals surface area (Å²) < 4.78 is 4.98. The predicted molar refractivity (Wildman–Crippen MR) is 81.5 cm³/mol. The summed E-state index contributed by atoms with van der Waals surface area (Å²) in [6.07, 6.45) is 0. The molecular weight excluding hydrogens is 276 g/mol. The standard InChI is InChI=1S/C15H21ClN2O2/c1-3-20-15(19)11-17-6-8-18(9-7-17)14-10-13(16)5-4-12(14)2/h4-5,10H,3,6-9,11H2,1-2H3. The normalized spacial score (nSPS) is 16.2. The van der Waals surface area contributed by atoms with Gasteiger partial charge >= 0.3 is 5.97 Å². The summed E-state index contributed by atoms with van der Waals surface area (Å²) in [5.41, 5.74) is 2.42. The van der Waals surface area contributed by atoms with Gasteiger partial charge < -0.3 is 9.64 Å². The highest BCUT2D eigenvalue weighted by Crippen LogP contribution is 2.25. The Morgan fingerprint density at radius 2 is 2.00 bits per heavy atom. The monoisotopic (exact) mass is 296 g/mol. The number of carbonyl (C=O) groups excluding carboxylic acids is 1. The Bertz CT molecular complexity index is 471. The zero-order chi connectivity index (χ0) is 14.5. The molecule has 20 heavy (non-hydrogen) atoms. The van der Waals surface area contributed by atoms with Crippen LogP contribution in [0.25, 0.3) is 0 Å². The van der Waals surface area contributed by atoms with E-state index in [0.717, 1.165) is 31.2 Å². The molecule has 0 bridgehead atoms. The van der Waals surface area contributed by atoms with Crippen LogP contribution in [0.5, 0.6) is 0 Å². The van der Waals surface area contributed by atoms with Gasteiger partial charge in [0.05, 0.1) is 13.2 Å². The lowest BCUT2D eigenvalue weighted by Crippen LogP contribution is -2.48. The average Bonchev–Trinajstić information content (AvgIpc) is 2.43. The van der Waals surface area contributed by atoms with Crippen LogP contribution in [0.2, 0.25) is 5.02 Å². The Labute approximate surface area is 125 Å². The predicted octanol–water partition coefficient (Wildman–Crippen LogP) is 2.33. The molecule has 0 aliphatic carbocycles. The molecule has 0 N–H and O–H groups in total. The van der Waals surface area contributed by atoms with E-state index < -0.39 is 0 Å². The van der Waals surface area contributed by atoms with Gasteiger partial charge in [-0.15, -0.1) is 0 Å². The van der Waals surface area contributed by atoms with Crippen LogP contribution in [-0.4, -0.2) is 50.2 Å². The van der Waals surface area contributed by atoms with Crippen molar-refractivity contribution in [2.24, 2.45) is 0 Å². The number of hydrogen-bond acceptors (Lipinski definition) is 4. The van der Waals surface area contributed by atoms with Gasteiger partial charge in [-0.2, -0.15) is 0 Å². The second-order valence-corrected chi connectivity index (χ2v) is 5.44. The molecule has 1 heterocycles. The van der Waals surface area contributed by atoms with Crippen LogP contribution in [0.4, 0.5) is 5.69 Å². The number of hydrogen-bond donors (Lipinski definition) is 0. The molecule has 0 spiro atoms. The van der Waals surface area contributed by atoms with Crippen molar-refractivity contribution in [2.75, 3.05) is 44.2 Å². The van der Waals surface area contributed by atoms with Gasteiger partial charge in [-0.25, -0.2) is 0 Å². The van der Waals surface area contributed by atoms with E-state index in [0.29, 0.717) is 13.2 Å². The molecule has 0 aromatic heterocycles. The Morgan fingerprint density at radius 1 is 1.30 bits per heavy atom. The molecule has 0 amide bonds. The molecule has 0 saturated carbocycles. The molecule has 0 radical (unpaired) electrons. The highest BCUT2D eigenvalue weighted by Gasteiger charge is 2.20. The third-order valence-corrected chi connectivity index (χ3v) is 3.78. The fourth-order valence-corrected chi connectivity index (χ4v) is 2.63. The summed E-state index contributed by atoms with van der Waals surface area (Å²) in [7, 11) is 0. The summed E-state index contributed by atoms with van der Waals surface area (Å²) in [4.78, 5) is 15.9. The molecule has 1 aromatic carbocycles. The van der Waals surface area contributed by atoms with E-state index in [-0.39, 0.29) is 5.97 Å². The van der Waals surface area contributed by atoms with Gasteiger partial charge in [0, 0.05) is 36.9 Å². The molecule has 0 unspecified atom stereocenters. The SMILES string of the molecule is CCOC(=O)CN1CCN(c2cc(Cl)ccc2C)CC1. The van der Waals surface area contributed by atoms with E-state index in [1.54, 1.807) is 0 Å². The van der Waals surface area contributed by atoms with E-state index in [2.05, 4.69) is 16.7 Å². The second-order valence-electron chi connectivity index (χ2n) is 5.00. The highest BCUT2D eigenvalue weighted by atomic mass is 35.5. The third kappa shape index (κ3) is 3.87. The van der Waals surface area contributed by atoms with Crippen molar-refractivity contribution < 1.29 is 9.53 Å². The molecule has 4 nitrogen and oxygen atoms in total. The molecule has 1 aliphatic rings.